The molecule has 180 valence electrons. The van der Waals surface area contributed by atoms with Gasteiger partial charge in [-0.2, -0.15) is 0 Å². The van der Waals surface area contributed by atoms with E-state index in [1.165, 1.54) is 0 Å². The molecule has 0 aliphatic rings. The van der Waals surface area contributed by atoms with Crippen LogP contribution in [0.1, 0.15) is 40.5 Å². The fourth-order valence-corrected chi connectivity index (χ4v) is 4.19. The van der Waals surface area contributed by atoms with Crippen molar-refractivity contribution >= 4 is 63.0 Å². The van der Waals surface area contributed by atoms with Crippen LogP contribution in [-0.4, -0.2) is 43.9 Å². The molecule has 0 aliphatic carbocycles. The second-order valence-electron chi connectivity index (χ2n) is 7.12. The topological polar surface area (TPSA) is 159 Å². The van der Waals surface area contributed by atoms with E-state index in [2.05, 4.69) is 15.3 Å². The standard InChI is InChI=1S/C21H24ClN7O4S/c1-4-29-13-8-11(21(32)34-10-15(30)33-5-2)6-7-12(13)28(3)14(29)9-25-20(31)16-18(23)27-19(24)17(22)26-16/h6-8H,4-5,9-10H2,1-3H3,(H4-,23,24,25,27,31)/p+1. The van der Waals surface area contributed by atoms with Gasteiger partial charge in [-0.15, -0.1) is 0 Å². The maximum Gasteiger partial charge on any atom is 0.316 e. The first-order valence-corrected chi connectivity index (χ1v) is 11.7. The Morgan fingerprint density at radius 3 is 2.62 bits per heavy atom. The number of nitrogens with one attached hydrogen (secondary N) is 1. The number of aromatic nitrogens is 4. The number of benzene rings is 1. The van der Waals surface area contributed by atoms with E-state index in [1.807, 2.05) is 29.2 Å². The minimum atomic E-state index is -0.550. The Hall–Kier alpha value is -3.38. The quantitative estimate of drug-likeness (QED) is 0.303. The summed E-state index contributed by atoms with van der Waals surface area (Å²) in [5, 5.41) is 2.44. The van der Waals surface area contributed by atoms with Crippen molar-refractivity contribution in [1.29, 1.82) is 0 Å². The third kappa shape index (κ3) is 5.23. The number of carbonyl (C=O) groups excluding carboxylic acids is 3. The second-order valence-corrected chi connectivity index (χ2v) is 8.43. The van der Waals surface area contributed by atoms with Gasteiger partial charge in [-0.3, -0.25) is 14.4 Å². The predicted octanol–water partition coefficient (Wildman–Crippen LogP) is 1.46. The zero-order valence-corrected chi connectivity index (χ0v) is 20.5. The monoisotopic (exact) mass is 506 g/mol. The Bertz CT molecular complexity index is 1280. The number of carbonyl (C=O) groups is 3. The molecule has 5 N–H and O–H groups in total. The summed E-state index contributed by atoms with van der Waals surface area (Å²) in [5.41, 5.74) is 13.4. The zero-order chi connectivity index (χ0) is 25.0. The van der Waals surface area contributed by atoms with Crippen LogP contribution >= 0.6 is 23.4 Å². The number of anilines is 2. The molecule has 0 spiro atoms. The minimum Gasteiger partial charge on any atom is -0.465 e. The van der Waals surface area contributed by atoms with Gasteiger partial charge in [-0.1, -0.05) is 23.4 Å². The molecule has 2 heterocycles. The lowest BCUT2D eigenvalue weighted by Gasteiger charge is -2.07. The van der Waals surface area contributed by atoms with Crippen molar-refractivity contribution in [2.75, 3.05) is 23.8 Å². The van der Waals surface area contributed by atoms with E-state index in [-0.39, 0.29) is 46.5 Å². The van der Waals surface area contributed by atoms with E-state index < -0.39 is 11.9 Å². The van der Waals surface area contributed by atoms with E-state index in [9.17, 15) is 14.4 Å². The number of hydrogen-bond donors (Lipinski definition) is 3. The fraction of sp³-hybridized carbons (Fsp3) is 0.333. The van der Waals surface area contributed by atoms with Gasteiger partial charge < -0.3 is 21.5 Å². The van der Waals surface area contributed by atoms with Crippen LogP contribution in [0.4, 0.5) is 11.6 Å². The summed E-state index contributed by atoms with van der Waals surface area (Å²) < 4.78 is 8.77. The fourth-order valence-electron chi connectivity index (χ4n) is 3.44. The number of amides is 1. The smallest absolute Gasteiger partial charge is 0.316 e. The number of aryl methyl sites for hydroxylation is 2. The molecule has 0 saturated heterocycles. The number of rotatable bonds is 8. The van der Waals surface area contributed by atoms with Crippen LogP contribution < -0.4 is 21.4 Å². The summed E-state index contributed by atoms with van der Waals surface area (Å²) in [6.07, 6.45) is 0. The molecule has 0 radical (unpaired) electrons. The number of nitrogen functional groups attached to an aromatic ring is 2. The molecular formula is C21H25ClN7O4S+. The van der Waals surface area contributed by atoms with Gasteiger partial charge in [-0.05, 0) is 26.0 Å². The van der Waals surface area contributed by atoms with Crippen LogP contribution in [0.5, 0.6) is 0 Å². The normalized spacial score (nSPS) is 10.9. The number of hydrogen-bond acceptors (Lipinski definition) is 9. The van der Waals surface area contributed by atoms with Crippen LogP contribution in [0.2, 0.25) is 5.15 Å². The summed E-state index contributed by atoms with van der Waals surface area (Å²) in [6.45, 7) is 4.68. The van der Waals surface area contributed by atoms with Gasteiger partial charge in [0.15, 0.2) is 33.5 Å². The zero-order valence-electron chi connectivity index (χ0n) is 18.9. The third-order valence-corrected chi connectivity index (χ3v) is 6.19. The van der Waals surface area contributed by atoms with Crippen molar-refractivity contribution in [3.63, 3.8) is 0 Å². The lowest BCUT2D eigenvalue weighted by Crippen LogP contribution is -2.38. The molecule has 0 unspecified atom stereocenters. The average molecular weight is 507 g/mol. The van der Waals surface area contributed by atoms with E-state index in [0.29, 0.717) is 12.1 Å². The minimum absolute atomic E-state index is 0.0499. The highest BCUT2D eigenvalue weighted by Gasteiger charge is 2.25. The highest BCUT2D eigenvalue weighted by molar-refractivity contribution is 8.14. The van der Waals surface area contributed by atoms with E-state index >= 15 is 0 Å². The number of nitrogens with zero attached hydrogens (tertiary/aromatic N) is 4. The van der Waals surface area contributed by atoms with Crippen molar-refractivity contribution in [3.8, 4) is 0 Å². The molecular weight excluding hydrogens is 482 g/mol. The Morgan fingerprint density at radius 1 is 1.21 bits per heavy atom. The molecule has 13 heteroatoms. The molecule has 0 fully saturated rings. The number of fused-ring (bicyclic) bond motifs is 1. The van der Waals surface area contributed by atoms with Crippen molar-refractivity contribution in [3.05, 3.63) is 40.4 Å². The first kappa shape index (κ1) is 25.2. The molecule has 1 amide bonds. The summed E-state index contributed by atoms with van der Waals surface area (Å²) in [6, 6.07) is 5.31. The molecule has 1 aromatic carbocycles. The first-order valence-electron chi connectivity index (χ1n) is 10.4. The van der Waals surface area contributed by atoms with Crippen molar-refractivity contribution in [1.82, 2.24) is 19.9 Å². The van der Waals surface area contributed by atoms with E-state index in [0.717, 1.165) is 28.6 Å². The molecule has 0 bridgehead atoms. The van der Waals surface area contributed by atoms with Gasteiger partial charge in [0.05, 0.1) is 26.0 Å². The van der Waals surface area contributed by atoms with Crippen LogP contribution in [0, 0.1) is 0 Å². The molecule has 3 rings (SSSR count). The highest BCUT2D eigenvalue weighted by Crippen LogP contribution is 2.21. The molecule has 11 nitrogen and oxygen atoms in total. The Morgan fingerprint density at radius 2 is 1.94 bits per heavy atom. The number of halogens is 1. The van der Waals surface area contributed by atoms with E-state index in [4.69, 9.17) is 27.8 Å². The van der Waals surface area contributed by atoms with Crippen LogP contribution in [0.25, 0.3) is 11.0 Å². The molecule has 0 saturated carbocycles. The lowest BCUT2D eigenvalue weighted by molar-refractivity contribution is -0.654. The Balaban J connectivity index is 1.84. The Labute approximate surface area is 204 Å². The highest BCUT2D eigenvalue weighted by atomic mass is 35.5. The van der Waals surface area contributed by atoms with E-state index in [1.54, 1.807) is 19.1 Å². The second kappa shape index (κ2) is 10.7. The average Bonchev–Trinajstić information content (AvgIpc) is 3.08. The largest absolute Gasteiger partial charge is 0.465 e. The third-order valence-electron chi connectivity index (χ3n) is 5.03. The summed E-state index contributed by atoms with van der Waals surface area (Å²) in [4.78, 5) is 44.5. The Kier molecular flexibility index (Phi) is 7.94. The van der Waals surface area contributed by atoms with Crippen molar-refractivity contribution < 1.29 is 23.7 Å². The SMILES string of the molecule is CCOC(=O)CSC(=O)c1ccc2c(c1)n(CC)c(CNC(=O)c1nc(Cl)c(N)nc1N)[n+]2C. The number of imidazole rings is 1. The van der Waals surface area contributed by atoms with Gasteiger partial charge in [0.1, 0.15) is 6.54 Å². The summed E-state index contributed by atoms with van der Waals surface area (Å²) in [7, 11) is 1.86. The van der Waals surface area contributed by atoms with Gasteiger partial charge in [0, 0.05) is 11.6 Å². The van der Waals surface area contributed by atoms with Gasteiger partial charge in [-0.25, -0.2) is 19.1 Å². The molecule has 34 heavy (non-hydrogen) atoms. The number of esters is 1. The van der Waals surface area contributed by atoms with Crippen molar-refractivity contribution in [2.24, 2.45) is 7.05 Å². The molecule has 0 atom stereocenters. The maximum atomic E-state index is 12.6. The molecule has 2 aromatic heterocycles. The molecule has 3 aromatic rings. The van der Waals surface area contributed by atoms with Crippen LogP contribution in [0.15, 0.2) is 18.2 Å². The van der Waals surface area contributed by atoms with Crippen LogP contribution in [0.3, 0.4) is 0 Å². The van der Waals surface area contributed by atoms with Crippen LogP contribution in [-0.2, 0) is 29.7 Å². The van der Waals surface area contributed by atoms with Crippen molar-refractivity contribution in [2.45, 2.75) is 26.9 Å². The summed E-state index contributed by atoms with van der Waals surface area (Å²) >= 11 is 6.77. The van der Waals surface area contributed by atoms with Gasteiger partial charge in [0.25, 0.3) is 11.7 Å². The lowest BCUT2D eigenvalue weighted by atomic mass is 10.2. The number of ether oxygens (including phenoxy) is 1. The van der Waals surface area contributed by atoms with Gasteiger partial charge in [0.2, 0.25) is 5.12 Å². The number of thioether (sulfide) groups is 1. The maximum absolute atomic E-state index is 12.6. The predicted molar refractivity (Wildman–Crippen MR) is 129 cm³/mol. The molecule has 0 aliphatic heterocycles. The first-order chi connectivity index (χ1) is 16.2. The number of nitrogens with two attached hydrogens (primary N) is 2. The summed E-state index contributed by atoms with van der Waals surface area (Å²) in [5.74, 6) is -0.432. The van der Waals surface area contributed by atoms with Gasteiger partial charge >= 0.3 is 5.97 Å².